The van der Waals surface area contributed by atoms with Crippen LogP contribution in [0, 0.1) is 5.92 Å². The van der Waals surface area contributed by atoms with E-state index in [1.54, 1.807) is 0 Å². The number of Topliss-reactive ketones (excluding diaryl/α,β-unsaturated/α-hetero) is 1. The molecule has 3 atom stereocenters. The van der Waals surface area contributed by atoms with Crippen LogP contribution in [0.25, 0.3) is 0 Å². The topological polar surface area (TPSA) is 77.8 Å². The Labute approximate surface area is 126 Å². The van der Waals surface area contributed by atoms with Gasteiger partial charge in [0.1, 0.15) is 17.4 Å². The predicted octanol–water partition coefficient (Wildman–Crippen LogP) is 2.20. The van der Waals surface area contributed by atoms with Gasteiger partial charge in [0.15, 0.2) is 5.78 Å². The molecule has 120 valence electrons. The van der Waals surface area contributed by atoms with Crippen LogP contribution in [-0.2, 0) is 9.59 Å². The van der Waals surface area contributed by atoms with Gasteiger partial charge in [-0.05, 0) is 13.3 Å². The Kier molecular flexibility index (Phi) is 6.40. The summed E-state index contributed by atoms with van der Waals surface area (Å²) in [5.41, 5.74) is -0.147. The van der Waals surface area contributed by atoms with Gasteiger partial charge in [-0.15, -0.1) is 0 Å². The second kappa shape index (κ2) is 7.59. The number of hydrogen-bond donors (Lipinski definition) is 2. The van der Waals surface area contributed by atoms with Crippen molar-refractivity contribution in [1.29, 1.82) is 0 Å². The highest BCUT2D eigenvalue weighted by Gasteiger charge is 2.45. The minimum absolute atomic E-state index is 0.128. The van der Waals surface area contributed by atoms with Crippen LogP contribution in [0.5, 0.6) is 0 Å². The molecule has 0 unspecified atom stereocenters. The molecule has 1 rings (SSSR count). The highest BCUT2D eigenvalue weighted by molar-refractivity contribution is 6.26. The van der Waals surface area contributed by atoms with Gasteiger partial charge in [0.05, 0.1) is 6.10 Å². The van der Waals surface area contributed by atoms with Crippen molar-refractivity contribution >= 4 is 11.7 Å². The maximum atomic E-state index is 12.2. The van der Waals surface area contributed by atoms with Crippen molar-refractivity contribution < 1.29 is 19.8 Å². The van der Waals surface area contributed by atoms with Crippen molar-refractivity contribution in [2.45, 2.75) is 65.0 Å². The zero-order valence-electron chi connectivity index (χ0n) is 13.4. The summed E-state index contributed by atoms with van der Waals surface area (Å²) in [4.78, 5) is 25.6. The highest BCUT2D eigenvalue weighted by Crippen LogP contribution is 2.28. The van der Waals surface area contributed by atoms with E-state index >= 15 is 0 Å². The Bertz CT molecular complexity index is 428. The van der Waals surface area contributed by atoms with E-state index in [1.807, 2.05) is 6.92 Å². The van der Waals surface area contributed by atoms with Gasteiger partial charge in [0.2, 0.25) is 0 Å². The first-order chi connectivity index (χ1) is 9.82. The smallest absolute Gasteiger partial charge is 0.261 e. The minimum Gasteiger partial charge on any atom is -0.511 e. The van der Waals surface area contributed by atoms with E-state index in [9.17, 15) is 19.8 Å². The van der Waals surface area contributed by atoms with Crippen molar-refractivity contribution in [2.75, 3.05) is 7.05 Å². The van der Waals surface area contributed by atoms with E-state index in [2.05, 4.69) is 6.92 Å². The second-order valence-corrected chi connectivity index (χ2v) is 5.98. The molecule has 0 aromatic heterocycles. The third-order valence-corrected chi connectivity index (χ3v) is 4.14. The molecule has 1 amide bonds. The number of unbranched alkanes of at least 4 members (excludes halogenated alkanes) is 3. The molecule has 0 radical (unpaired) electrons. The lowest BCUT2D eigenvalue weighted by atomic mass is 9.95. The average Bonchev–Trinajstić information content (AvgIpc) is 2.64. The van der Waals surface area contributed by atoms with Crippen molar-refractivity contribution in [3.63, 3.8) is 0 Å². The molecule has 1 heterocycles. The van der Waals surface area contributed by atoms with Crippen LogP contribution in [0.4, 0.5) is 0 Å². The first kappa shape index (κ1) is 17.7. The largest absolute Gasteiger partial charge is 0.511 e. The van der Waals surface area contributed by atoms with Crippen LogP contribution in [0.3, 0.4) is 0 Å². The van der Waals surface area contributed by atoms with Gasteiger partial charge in [-0.25, -0.2) is 0 Å². The molecule has 1 aliphatic rings. The molecule has 0 aromatic rings. The number of aliphatic hydroxyl groups excluding tert-OH is 2. The number of allylic oxidation sites excluding steroid dienone is 1. The number of hydrogen-bond acceptors (Lipinski definition) is 4. The fraction of sp³-hybridized carbons (Fsp3) is 0.750. The average molecular weight is 297 g/mol. The van der Waals surface area contributed by atoms with E-state index in [-0.39, 0.29) is 17.3 Å². The second-order valence-electron chi connectivity index (χ2n) is 5.98. The predicted molar refractivity (Wildman–Crippen MR) is 80.8 cm³/mol. The van der Waals surface area contributed by atoms with Gasteiger partial charge in [0.25, 0.3) is 5.91 Å². The minimum atomic E-state index is -0.948. The fourth-order valence-electron chi connectivity index (χ4n) is 2.77. The van der Waals surface area contributed by atoms with Gasteiger partial charge in [-0.2, -0.15) is 0 Å². The monoisotopic (exact) mass is 297 g/mol. The molecule has 0 saturated carbocycles. The molecule has 1 saturated heterocycles. The fourth-order valence-corrected chi connectivity index (χ4v) is 2.77. The number of aliphatic hydroxyl groups is 2. The Morgan fingerprint density at radius 1 is 1.24 bits per heavy atom. The molecule has 5 heteroatoms. The first-order valence-electron chi connectivity index (χ1n) is 7.75. The lowest BCUT2D eigenvalue weighted by Crippen LogP contribution is -2.40. The summed E-state index contributed by atoms with van der Waals surface area (Å²) in [6.45, 7) is 5.43. The molecule has 1 aliphatic heterocycles. The van der Waals surface area contributed by atoms with E-state index < -0.39 is 23.8 Å². The standard InChI is InChI=1S/C16H27NO4/c1-5-6-7-8-9-10(2)14(19)12-15(20)13(11(3)18)17(4)16(12)21/h10-11,13,18-19H,5-9H2,1-4H3/b14-12-/t10-,11+,13-/m0/s1. The quantitative estimate of drug-likeness (QED) is 0.327. The SMILES string of the molecule is CCCCCC[C@H](C)/C(O)=C1\C(=O)[C@H]([C@@H](C)O)N(C)C1=O. The number of likely N-dealkylation sites (tertiary alicyclic amines) is 1. The maximum absolute atomic E-state index is 12.2. The van der Waals surface area contributed by atoms with Crippen LogP contribution in [0.2, 0.25) is 0 Å². The Morgan fingerprint density at radius 2 is 1.86 bits per heavy atom. The van der Waals surface area contributed by atoms with E-state index in [4.69, 9.17) is 0 Å². The number of likely N-dealkylation sites (N-methyl/N-ethyl adjacent to an activating group) is 1. The van der Waals surface area contributed by atoms with Crippen LogP contribution in [-0.4, -0.2) is 46.0 Å². The third kappa shape index (κ3) is 3.84. The summed E-state index contributed by atoms with van der Waals surface area (Å²) in [5, 5.41) is 19.9. The lowest BCUT2D eigenvalue weighted by molar-refractivity contribution is -0.128. The Morgan fingerprint density at radius 3 is 2.33 bits per heavy atom. The summed E-state index contributed by atoms with van der Waals surface area (Å²) >= 11 is 0. The van der Waals surface area contributed by atoms with Gasteiger partial charge in [-0.3, -0.25) is 9.59 Å². The van der Waals surface area contributed by atoms with E-state index in [1.165, 1.54) is 18.9 Å². The maximum Gasteiger partial charge on any atom is 0.261 e. The number of carbonyl (C=O) groups is 2. The molecule has 0 aromatic carbocycles. The van der Waals surface area contributed by atoms with E-state index in [0.29, 0.717) is 0 Å². The van der Waals surface area contributed by atoms with Gasteiger partial charge in [-0.1, -0.05) is 39.5 Å². The Balaban J connectivity index is 2.85. The van der Waals surface area contributed by atoms with Crippen LogP contribution < -0.4 is 0 Å². The zero-order chi connectivity index (χ0) is 16.2. The highest BCUT2D eigenvalue weighted by atomic mass is 16.3. The summed E-state index contributed by atoms with van der Waals surface area (Å²) < 4.78 is 0. The van der Waals surface area contributed by atoms with Gasteiger partial charge < -0.3 is 15.1 Å². The first-order valence-corrected chi connectivity index (χ1v) is 7.75. The summed E-state index contributed by atoms with van der Waals surface area (Å²) in [6.07, 6.45) is 4.13. The number of ketones is 1. The molecule has 1 fully saturated rings. The van der Waals surface area contributed by atoms with Gasteiger partial charge in [0, 0.05) is 13.0 Å². The van der Waals surface area contributed by atoms with Crippen molar-refractivity contribution in [1.82, 2.24) is 4.90 Å². The number of nitrogens with zero attached hydrogens (tertiary/aromatic N) is 1. The molecular formula is C16H27NO4. The summed E-state index contributed by atoms with van der Waals surface area (Å²) in [7, 11) is 1.48. The number of amides is 1. The molecule has 0 aliphatic carbocycles. The molecule has 0 spiro atoms. The van der Waals surface area contributed by atoms with Gasteiger partial charge >= 0.3 is 0 Å². The number of carbonyl (C=O) groups excluding carboxylic acids is 2. The third-order valence-electron chi connectivity index (χ3n) is 4.14. The van der Waals surface area contributed by atoms with Crippen molar-refractivity contribution in [3.8, 4) is 0 Å². The molecule has 0 bridgehead atoms. The van der Waals surface area contributed by atoms with E-state index in [0.717, 1.165) is 32.1 Å². The van der Waals surface area contributed by atoms with Crippen LogP contribution in [0.15, 0.2) is 11.3 Å². The zero-order valence-corrected chi connectivity index (χ0v) is 13.4. The molecule has 5 nitrogen and oxygen atoms in total. The molecule has 2 N–H and O–H groups in total. The Hall–Kier alpha value is -1.36. The lowest BCUT2D eigenvalue weighted by Gasteiger charge is -2.19. The molecular weight excluding hydrogens is 270 g/mol. The van der Waals surface area contributed by atoms with Crippen LogP contribution in [0.1, 0.15) is 52.9 Å². The summed E-state index contributed by atoms with van der Waals surface area (Å²) in [6, 6.07) is -0.887. The normalized spacial score (nSPS) is 24.4. The van der Waals surface area contributed by atoms with Crippen LogP contribution >= 0.6 is 0 Å². The van der Waals surface area contributed by atoms with Crippen molar-refractivity contribution in [3.05, 3.63) is 11.3 Å². The van der Waals surface area contributed by atoms with Crippen molar-refractivity contribution in [2.24, 2.45) is 5.92 Å². The molecule has 21 heavy (non-hydrogen) atoms. The number of rotatable bonds is 7. The summed E-state index contributed by atoms with van der Waals surface area (Å²) in [5.74, 6) is -1.32.